The minimum absolute atomic E-state index is 0.146. The summed E-state index contributed by atoms with van der Waals surface area (Å²) in [5.41, 5.74) is 4.77. The Morgan fingerprint density at radius 3 is 2.71 bits per heavy atom. The first kappa shape index (κ1) is 13.9. The Kier molecular flexibility index (Phi) is 3.55. The summed E-state index contributed by atoms with van der Waals surface area (Å²) in [6, 6.07) is 11.9. The van der Waals surface area contributed by atoms with Gasteiger partial charge in [0, 0.05) is 21.6 Å². The summed E-state index contributed by atoms with van der Waals surface area (Å²) in [5, 5.41) is 11.0. The lowest BCUT2D eigenvalue weighted by Crippen LogP contribution is -1.80. The average molecular weight is 343 g/mol. The van der Waals surface area contributed by atoms with E-state index in [2.05, 4.69) is 25.9 Å². The van der Waals surface area contributed by atoms with Crippen LogP contribution in [0.25, 0.3) is 10.9 Å². The van der Waals surface area contributed by atoms with Gasteiger partial charge in [-0.3, -0.25) is 4.99 Å². The highest BCUT2D eigenvalue weighted by Crippen LogP contribution is 2.27. The molecule has 21 heavy (non-hydrogen) atoms. The third-order valence-corrected chi connectivity index (χ3v) is 4.35. The van der Waals surface area contributed by atoms with E-state index < -0.39 is 0 Å². The molecule has 3 rings (SSSR count). The van der Waals surface area contributed by atoms with E-state index in [0.29, 0.717) is 5.56 Å². The number of hydrogen-bond acceptors (Lipinski definition) is 2. The monoisotopic (exact) mass is 342 g/mol. The van der Waals surface area contributed by atoms with Gasteiger partial charge in [-0.05, 0) is 49.2 Å². The van der Waals surface area contributed by atoms with Gasteiger partial charge in [-0.1, -0.05) is 28.1 Å². The van der Waals surface area contributed by atoms with Crippen molar-refractivity contribution in [3.63, 3.8) is 0 Å². The average Bonchev–Trinajstić information content (AvgIpc) is 2.75. The Hall–Kier alpha value is -2.07. The lowest BCUT2D eigenvalue weighted by atomic mass is 10.1. The van der Waals surface area contributed by atoms with E-state index in [-0.39, 0.29) is 5.88 Å². The normalized spacial score (nSPS) is 11.6. The van der Waals surface area contributed by atoms with Crippen LogP contribution in [0.4, 0.5) is 5.69 Å². The molecule has 106 valence electrons. The number of aliphatic imine (C=N–C) groups is 1. The zero-order valence-electron chi connectivity index (χ0n) is 11.8. The second-order valence-electron chi connectivity index (χ2n) is 5.13. The molecule has 1 aromatic heterocycles. The van der Waals surface area contributed by atoms with Gasteiger partial charge in [0.05, 0.1) is 11.3 Å². The van der Waals surface area contributed by atoms with E-state index in [9.17, 15) is 5.11 Å². The Morgan fingerprint density at radius 2 is 1.95 bits per heavy atom. The molecule has 0 aliphatic heterocycles. The van der Waals surface area contributed by atoms with Crippen LogP contribution in [0.2, 0.25) is 0 Å². The Morgan fingerprint density at radius 1 is 1.14 bits per heavy atom. The molecule has 3 aromatic rings. The summed E-state index contributed by atoms with van der Waals surface area (Å²) in [6.45, 7) is 4.05. The number of nitrogens with zero attached hydrogens (tertiary/aromatic N) is 1. The molecule has 0 atom stereocenters. The second-order valence-corrected chi connectivity index (χ2v) is 5.98. The van der Waals surface area contributed by atoms with E-state index in [1.807, 2.05) is 50.2 Å². The molecule has 0 aliphatic rings. The number of hydrogen-bond donors (Lipinski definition) is 2. The number of H-pyrrole nitrogens is 1. The van der Waals surface area contributed by atoms with Gasteiger partial charge in [0.25, 0.3) is 0 Å². The van der Waals surface area contributed by atoms with Gasteiger partial charge in [-0.2, -0.15) is 0 Å². The number of benzene rings is 2. The van der Waals surface area contributed by atoms with E-state index >= 15 is 0 Å². The van der Waals surface area contributed by atoms with Crippen LogP contribution < -0.4 is 0 Å². The lowest BCUT2D eigenvalue weighted by Gasteiger charge is -1.99. The number of nitrogens with one attached hydrogen (secondary N) is 1. The van der Waals surface area contributed by atoms with Crippen LogP contribution in [0.5, 0.6) is 5.88 Å². The topological polar surface area (TPSA) is 48.4 Å². The van der Waals surface area contributed by atoms with Crippen molar-refractivity contribution in [1.82, 2.24) is 4.98 Å². The molecule has 0 saturated carbocycles. The zero-order chi connectivity index (χ0) is 15.0. The molecule has 0 spiro atoms. The number of aromatic hydroxyl groups is 1. The number of rotatable bonds is 2. The van der Waals surface area contributed by atoms with Crippen molar-refractivity contribution >= 4 is 38.7 Å². The van der Waals surface area contributed by atoms with Gasteiger partial charge in [-0.15, -0.1) is 0 Å². The fraction of sp³-hybridized carbons (Fsp3) is 0.118. The van der Waals surface area contributed by atoms with Gasteiger partial charge in [0.2, 0.25) is 0 Å². The molecule has 0 saturated heterocycles. The maximum absolute atomic E-state index is 10.0. The smallest absolute Gasteiger partial charge is 0.198 e. The largest absolute Gasteiger partial charge is 0.494 e. The molecule has 0 radical (unpaired) electrons. The van der Waals surface area contributed by atoms with Crippen molar-refractivity contribution in [3.05, 3.63) is 57.6 Å². The molecular formula is C17H15BrN2O. The number of fused-ring (bicyclic) bond motifs is 1. The minimum atomic E-state index is 0.146. The summed E-state index contributed by atoms with van der Waals surface area (Å²) in [4.78, 5) is 7.44. The Balaban J connectivity index is 2.02. The quantitative estimate of drug-likeness (QED) is 0.632. The molecule has 0 fully saturated rings. The molecule has 0 bridgehead atoms. The first-order chi connectivity index (χ1) is 10.0. The highest BCUT2D eigenvalue weighted by Gasteiger charge is 2.08. The molecule has 0 unspecified atom stereocenters. The molecule has 0 aliphatic carbocycles. The molecular weight excluding hydrogens is 328 g/mol. The molecule has 2 N–H and O–H groups in total. The van der Waals surface area contributed by atoms with Crippen LogP contribution in [0, 0.1) is 13.8 Å². The lowest BCUT2D eigenvalue weighted by molar-refractivity contribution is 0.457. The van der Waals surface area contributed by atoms with E-state index in [4.69, 9.17) is 0 Å². The third kappa shape index (κ3) is 2.72. The SMILES string of the molecule is Cc1ccc2c(C=Nc3ccc(Br)c(C)c3)c(O)[nH]c2c1. The van der Waals surface area contributed by atoms with Crippen LogP contribution in [0.1, 0.15) is 16.7 Å². The highest BCUT2D eigenvalue weighted by atomic mass is 79.9. The maximum Gasteiger partial charge on any atom is 0.198 e. The van der Waals surface area contributed by atoms with Crippen LogP contribution in [0.3, 0.4) is 0 Å². The van der Waals surface area contributed by atoms with Crippen LogP contribution in [0.15, 0.2) is 45.9 Å². The van der Waals surface area contributed by atoms with Crippen LogP contribution >= 0.6 is 15.9 Å². The summed E-state index contributed by atoms with van der Waals surface area (Å²) in [5.74, 6) is 0.146. The van der Waals surface area contributed by atoms with E-state index in [0.717, 1.165) is 32.2 Å². The molecule has 3 nitrogen and oxygen atoms in total. The number of halogens is 1. The zero-order valence-corrected chi connectivity index (χ0v) is 13.4. The Bertz CT molecular complexity index is 849. The fourth-order valence-corrected chi connectivity index (χ4v) is 2.54. The van der Waals surface area contributed by atoms with Crippen molar-refractivity contribution < 1.29 is 5.11 Å². The summed E-state index contributed by atoms with van der Waals surface area (Å²) < 4.78 is 1.06. The summed E-state index contributed by atoms with van der Waals surface area (Å²) in [6.07, 6.45) is 1.70. The maximum atomic E-state index is 10.0. The summed E-state index contributed by atoms with van der Waals surface area (Å²) >= 11 is 3.47. The van der Waals surface area contributed by atoms with Crippen LogP contribution in [-0.2, 0) is 0 Å². The molecule has 2 aromatic carbocycles. The third-order valence-electron chi connectivity index (χ3n) is 3.46. The predicted octanol–water partition coefficient (Wildman–Crippen LogP) is 5.00. The number of aromatic amines is 1. The minimum Gasteiger partial charge on any atom is -0.494 e. The van der Waals surface area contributed by atoms with Crippen molar-refractivity contribution in [2.24, 2.45) is 4.99 Å². The van der Waals surface area contributed by atoms with E-state index in [1.165, 1.54) is 0 Å². The van der Waals surface area contributed by atoms with Gasteiger partial charge in [0.1, 0.15) is 0 Å². The first-order valence-corrected chi connectivity index (χ1v) is 7.45. The van der Waals surface area contributed by atoms with Gasteiger partial charge in [0.15, 0.2) is 5.88 Å². The highest BCUT2D eigenvalue weighted by molar-refractivity contribution is 9.10. The van der Waals surface area contributed by atoms with Gasteiger partial charge < -0.3 is 10.1 Å². The van der Waals surface area contributed by atoms with E-state index in [1.54, 1.807) is 6.21 Å². The number of aryl methyl sites for hydroxylation is 2. The predicted molar refractivity (Wildman–Crippen MR) is 90.8 cm³/mol. The number of aromatic nitrogens is 1. The fourth-order valence-electron chi connectivity index (χ4n) is 2.30. The molecule has 4 heteroatoms. The standard InChI is InChI=1S/C17H15BrN2O/c1-10-3-5-13-14(17(21)20-16(13)7-10)9-19-12-4-6-15(18)11(2)8-12/h3-9,20-21H,1-2H3. The van der Waals surface area contributed by atoms with Crippen molar-refractivity contribution in [2.45, 2.75) is 13.8 Å². The van der Waals surface area contributed by atoms with Crippen molar-refractivity contribution in [3.8, 4) is 5.88 Å². The van der Waals surface area contributed by atoms with Gasteiger partial charge >= 0.3 is 0 Å². The second kappa shape index (κ2) is 5.37. The van der Waals surface area contributed by atoms with Crippen molar-refractivity contribution in [2.75, 3.05) is 0 Å². The van der Waals surface area contributed by atoms with Crippen LogP contribution in [-0.4, -0.2) is 16.3 Å². The van der Waals surface area contributed by atoms with Crippen molar-refractivity contribution in [1.29, 1.82) is 0 Å². The molecule has 1 heterocycles. The molecule has 0 amide bonds. The van der Waals surface area contributed by atoms with Gasteiger partial charge in [-0.25, -0.2) is 0 Å². The summed E-state index contributed by atoms with van der Waals surface area (Å²) in [7, 11) is 0. The first-order valence-electron chi connectivity index (χ1n) is 6.66. The Labute approximate surface area is 131 Å².